The molecule has 6 rings (SSSR count). The van der Waals surface area contributed by atoms with Crippen molar-refractivity contribution in [2.45, 2.75) is 5.92 Å². The largest absolute Gasteiger partial charge is 0.508 e. The van der Waals surface area contributed by atoms with Crippen molar-refractivity contribution >= 4 is 32.3 Å². The molecule has 0 heterocycles. The summed E-state index contributed by atoms with van der Waals surface area (Å²) >= 11 is 0. The highest BCUT2D eigenvalue weighted by Gasteiger charge is 2.26. The van der Waals surface area contributed by atoms with Crippen LogP contribution < -0.4 is 0 Å². The van der Waals surface area contributed by atoms with Gasteiger partial charge in [0.05, 0.1) is 0 Å². The fraction of sp³-hybridized carbons (Fsp3) is 0.0323. The van der Waals surface area contributed by atoms with E-state index in [1.54, 1.807) is 36.4 Å². The molecule has 0 radical (unpaired) electrons. The summed E-state index contributed by atoms with van der Waals surface area (Å²) < 4.78 is 0. The van der Waals surface area contributed by atoms with E-state index in [1.165, 1.54) is 0 Å². The maximum absolute atomic E-state index is 11.4. The molecule has 4 N–H and O–H groups in total. The summed E-state index contributed by atoms with van der Waals surface area (Å²) in [6, 6.07) is 31.3. The highest BCUT2D eigenvalue weighted by molar-refractivity contribution is 5.94. The summed E-state index contributed by atoms with van der Waals surface area (Å²) in [4.78, 5) is 0. The number of hydrogen-bond acceptors (Lipinski definition) is 4. The lowest BCUT2D eigenvalue weighted by molar-refractivity contribution is 0.465. The molecule has 0 spiro atoms. The van der Waals surface area contributed by atoms with Crippen LogP contribution in [0.3, 0.4) is 0 Å². The molecule has 0 aromatic heterocycles. The van der Waals surface area contributed by atoms with Crippen LogP contribution in [-0.4, -0.2) is 20.4 Å². The Kier molecular flexibility index (Phi) is 4.75. The first-order valence-electron chi connectivity index (χ1n) is 11.4. The van der Waals surface area contributed by atoms with Crippen LogP contribution in [0.25, 0.3) is 32.3 Å². The van der Waals surface area contributed by atoms with Crippen LogP contribution in [0.4, 0.5) is 0 Å². The van der Waals surface area contributed by atoms with E-state index in [4.69, 9.17) is 0 Å². The molecule has 0 aliphatic rings. The van der Waals surface area contributed by atoms with Crippen LogP contribution in [0.5, 0.6) is 23.0 Å². The monoisotopic (exact) mass is 458 g/mol. The van der Waals surface area contributed by atoms with Crippen molar-refractivity contribution in [1.29, 1.82) is 0 Å². The Morgan fingerprint density at radius 2 is 0.943 bits per heavy atom. The minimum Gasteiger partial charge on any atom is -0.508 e. The Labute approximate surface area is 201 Å². The quantitative estimate of drug-likeness (QED) is 0.212. The number of fused-ring (bicyclic) bond motifs is 3. The van der Waals surface area contributed by atoms with Crippen molar-refractivity contribution in [3.05, 3.63) is 120 Å². The van der Waals surface area contributed by atoms with Gasteiger partial charge < -0.3 is 20.4 Å². The molecule has 0 fully saturated rings. The summed E-state index contributed by atoms with van der Waals surface area (Å²) in [5, 5.41) is 47.5. The summed E-state index contributed by atoms with van der Waals surface area (Å²) in [7, 11) is 0. The molecular weight excluding hydrogens is 436 g/mol. The number of phenolic OH excluding ortho intramolecular Hbond substituents is 4. The molecule has 0 saturated carbocycles. The normalized spacial score (nSPS) is 11.6. The van der Waals surface area contributed by atoms with Gasteiger partial charge in [-0.25, -0.2) is 0 Å². The average molecular weight is 459 g/mol. The van der Waals surface area contributed by atoms with E-state index in [-0.39, 0.29) is 23.0 Å². The molecule has 0 aliphatic carbocycles. The van der Waals surface area contributed by atoms with E-state index < -0.39 is 5.92 Å². The number of hydrogen-bond donors (Lipinski definition) is 4. The van der Waals surface area contributed by atoms with Gasteiger partial charge in [-0.05, 0) is 63.5 Å². The van der Waals surface area contributed by atoms with Crippen molar-refractivity contribution in [3.63, 3.8) is 0 Å². The second kappa shape index (κ2) is 7.96. The molecule has 0 bridgehead atoms. The van der Waals surface area contributed by atoms with Gasteiger partial charge in [0.1, 0.15) is 23.0 Å². The van der Waals surface area contributed by atoms with E-state index in [0.29, 0.717) is 21.9 Å². The van der Waals surface area contributed by atoms with Gasteiger partial charge in [-0.3, -0.25) is 0 Å². The van der Waals surface area contributed by atoms with Gasteiger partial charge in [-0.2, -0.15) is 0 Å². The summed E-state index contributed by atoms with van der Waals surface area (Å²) in [6.07, 6.45) is 0. The summed E-state index contributed by atoms with van der Waals surface area (Å²) in [6.45, 7) is 0. The van der Waals surface area contributed by atoms with Crippen LogP contribution in [0.15, 0.2) is 103 Å². The zero-order valence-corrected chi connectivity index (χ0v) is 18.7. The highest BCUT2D eigenvalue weighted by Crippen LogP contribution is 2.46. The van der Waals surface area contributed by atoms with Gasteiger partial charge in [0, 0.05) is 27.8 Å². The van der Waals surface area contributed by atoms with Crippen molar-refractivity contribution in [2.24, 2.45) is 0 Å². The van der Waals surface area contributed by atoms with Crippen LogP contribution >= 0.6 is 0 Å². The van der Waals surface area contributed by atoms with Gasteiger partial charge >= 0.3 is 0 Å². The summed E-state index contributed by atoms with van der Waals surface area (Å²) in [5.41, 5.74) is 2.24. The Bertz CT molecular complexity index is 1660. The third kappa shape index (κ3) is 3.39. The Hall–Kier alpha value is -4.70. The van der Waals surface area contributed by atoms with Crippen molar-refractivity contribution in [3.8, 4) is 23.0 Å². The second-order valence-corrected chi connectivity index (χ2v) is 8.82. The highest BCUT2D eigenvalue weighted by atomic mass is 16.3. The molecule has 6 aromatic carbocycles. The van der Waals surface area contributed by atoms with E-state index in [9.17, 15) is 20.4 Å². The predicted octanol–water partition coefficient (Wildman–Crippen LogP) is 7.15. The molecule has 0 aliphatic heterocycles. The zero-order chi connectivity index (χ0) is 24.1. The fourth-order valence-electron chi connectivity index (χ4n) is 5.11. The number of aromatic hydroxyl groups is 4. The van der Waals surface area contributed by atoms with Gasteiger partial charge in [-0.15, -0.1) is 0 Å². The Balaban J connectivity index is 1.69. The number of phenols is 4. The van der Waals surface area contributed by atoms with Crippen molar-refractivity contribution < 1.29 is 20.4 Å². The molecule has 0 atom stereocenters. The van der Waals surface area contributed by atoms with Crippen LogP contribution in [0.2, 0.25) is 0 Å². The average Bonchev–Trinajstić information content (AvgIpc) is 2.86. The smallest absolute Gasteiger partial charge is 0.127 e. The molecule has 170 valence electrons. The van der Waals surface area contributed by atoms with Crippen molar-refractivity contribution in [1.82, 2.24) is 0 Å². The first-order chi connectivity index (χ1) is 17.0. The molecule has 0 saturated heterocycles. The second-order valence-electron chi connectivity index (χ2n) is 8.82. The van der Waals surface area contributed by atoms with Gasteiger partial charge in [-0.1, -0.05) is 66.7 Å². The van der Waals surface area contributed by atoms with Gasteiger partial charge in [0.25, 0.3) is 0 Å². The maximum atomic E-state index is 11.4. The van der Waals surface area contributed by atoms with Crippen LogP contribution in [-0.2, 0) is 0 Å². The molecular formula is C31H22O4. The Morgan fingerprint density at radius 1 is 0.400 bits per heavy atom. The first-order valence-corrected chi connectivity index (χ1v) is 11.4. The van der Waals surface area contributed by atoms with Crippen LogP contribution in [0, 0.1) is 0 Å². The lowest BCUT2D eigenvalue weighted by atomic mass is 9.80. The van der Waals surface area contributed by atoms with Crippen molar-refractivity contribution in [2.75, 3.05) is 0 Å². The molecule has 4 nitrogen and oxygen atoms in total. The molecule has 0 amide bonds. The van der Waals surface area contributed by atoms with E-state index in [0.717, 1.165) is 27.1 Å². The maximum Gasteiger partial charge on any atom is 0.127 e. The Morgan fingerprint density at radius 3 is 1.54 bits per heavy atom. The zero-order valence-electron chi connectivity index (χ0n) is 18.7. The fourth-order valence-corrected chi connectivity index (χ4v) is 5.11. The standard InChI is InChI=1S/C31H22O4/c32-21-10-14-24-19(16-21)8-12-27(30(24)34)29(26-7-3-5-18-4-1-2-6-23(18)26)28-13-9-20-17-22(33)11-15-25(20)31(28)35/h1-17,29,32-35H. The third-order valence-corrected chi connectivity index (χ3v) is 6.77. The topological polar surface area (TPSA) is 80.9 Å². The van der Waals surface area contributed by atoms with E-state index in [1.807, 2.05) is 66.7 Å². The minimum absolute atomic E-state index is 0.102. The minimum atomic E-state index is -0.475. The van der Waals surface area contributed by atoms with E-state index >= 15 is 0 Å². The third-order valence-electron chi connectivity index (χ3n) is 6.77. The molecule has 4 heteroatoms. The molecule has 0 unspecified atom stereocenters. The lowest BCUT2D eigenvalue weighted by Crippen LogP contribution is -2.06. The predicted molar refractivity (Wildman–Crippen MR) is 139 cm³/mol. The summed E-state index contributed by atoms with van der Waals surface area (Å²) in [5.74, 6) is -0.00913. The number of rotatable bonds is 3. The molecule has 6 aromatic rings. The lowest BCUT2D eigenvalue weighted by Gasteiger charge is -2.24. The van der Waals surface area contributed by atoms with Gasteiger partial charge in [0.2, 0.25) is 0 Å². The van der Waals surface area contributed by atoms with E-state index in [2.05, 4.69) is 0 Å². The van der Waals surface area contributed by atoms with Crippen LogP contribution in [0.1, 0.15) is 22.6 Å². The first kappa shape index (κ1) is 20.9. The number of benzene rings is 6. The molecule has 35 heavy (non-hydrogen) atoms. The SMILES string of the molecule is Oc1ccc2c(O)c(C(c3ccc4cc(O)ccc4c3O)c3cccc4ccccc34)ccc2c1. The van der Waals surface area contributed by atoms with Gasteiger partial charge in [0.15, 0.2) is 0 Å².